The van der Waals surface area contributed by atoms with Gasteiger partial charge >= 0.3 is 5.97 Å². The fourth-order valence-corrected chi connectivity index (χ4v) is 3.76. The van der Waals surface area contributed by atoms with E-state index in [1.54, 1.807) is 0 Å². The second-order valence-electron chi connectivity index (χ2n) is 5.67. The zero-order valence-corrected chi connectivity index (χ0v) is 11.3. The van der Waals surface area contributed by atoms with Gasteiger partial charge in [0.1, 0.15) is 0 Å². The normalized spacial score (nSPS) is 32.9. The molecule has 0 radical (unpaired) electrons. The van der Waals surface area contributed by atoms with Crippen LogP contribution in [0.5, 0.6) is 0 Å². The molecule has 0 heterocycles. The molecule has 2 fully saturated rings. The number of carbonyl (C=O) groups is 1. The molecule has 0 aromatic heterocycles. The third-order valence-corrected chi connectivity index (χ3v) is 4.77. The van der Waals surface area contributed by atoms with Gasteiger partial charge in [0.25, 0.3) is 0 Å². The standard InChI is InChI=1S/C17H20O2/c1-19-16(18)17(14-9-5-6-10-15(14)17)12-11-13-7-3-2-4-8-13/h2-4,7-8,11-12,14-15H,5-6,9-10H2,1H3/b12-11+/t14-,15+,17?. The van der Waals surface area contributed by atoms with Crippen molar-refractivity contribution < 1.29 is 9.53 Å². The van der Waals surface area contributed by atoms with Crippen LogP contribution in [0.25, 0.3) is 6.08 Å². The average Bonchev–Trinajstić information content (AvgIpc) is 3.15. The lowest BCUT2D eigenvalue weighted by molar-refractivity contribution is -0.146. The summed E-state index contributed by atoms with van der Waals surface area (Å²) in [5.74, 6) is 0.971. The van der Waals surface area contributed by atoms with Gasteiger partial charge in [0.2, 0.25) is 0 Å². The van der Waals surface area contributed by atoms with Gasteiger partial charge in [-0.05, 0) is 30.2 Å². The van der Waals surface area contributed by atoms with Crippen LogP contribution in [0, 0.1) is 17.3 Å². The quantitative estimate of drug-likeness (QED) is 0.771. The molecule has 0 saturated heterocycles. The van der Waals surface area contributed by atoms with Crippen LogP contribution >= 0.6 is 0 Å². The maximum Gasteiger partial charge on any atom is 0.316 e. The smallest absolute Gasteiger partial charge is 0.316 e. The minimum Gasteiger partial charge on any atom is -0.468 e. The predicted octanol–water partition coefficient (Wildman–Crippen LogP) is 3.68. The first-order valence-electron chi connectivity index (χ1n) is 7.12. The molecule has 2 aliphatic rings. The van der Waals surface area contributed by atoms with Crippen LogP contribution in [0.3, 0.4) is 0 Å². The molecule has 100 valence electrons. The fourth-order valence-electron chi connectivity index (χ4n) is 3.76. The lowest BCUT2D eigenvalue weighted by Gasteiger charge is -2.10. The summed E-state index contributed by atoms with van der Waals surface area (Å²) in [5, 5.41) is 0. The van der Waals surface area contributed by atoms with E-state index in [-0.39, 0.29) is 11.4 Å². The maximum atomic E-state index is 12.2. The average molecular weight is 256 g/mol. The first kappa shape index (κ1) is 12.5. The summed E-state index contributed by atoms with van der Waals surface area (Å²) in [6.45, 7) is 0. The van der Waals surface area contributed by atoms with Crippen LogP contribution in [-0.2, 0) is 9.53 Å². The SMILES string of the molecule is COC(=O)C1(/C=C/c2ccccc2)[C@@H]2CCCC[C@@H]21. The Bertz CT molecular complexity index is 477. The van der Waals surface area contributed by atoms with Crippen molar-refractivity contribution in [3.63, 3.8) is 0 Å². The number of rotatable bonds is 3. The Labute approximate surface area is 114 Å². The number of hydrogen-bond donors (Lipinski definition) is 0. The second-order valence-corrected chi connectivity index (χ2v) is 5.67. The lowest BCUT2D eigenvalue weighted by atomic mass is 9.99. The predicted molar refractivity (Wildman–Crippen MR) is 75.4 cm³/mol. The van der Waals surface area contributed by atoms with E-state index in [0.717, 1.165) is 5.56 Å². The van der Waals surface area contributed by atoms with Crippen molar-refractivity contribution in [1.29, 1.82) is 0 Å². The van der Waals surface area contributed by atoms with Gasteiger partial charge in [0.05, 0.1) is 12.5 Å². The third kappa shape index (κ3) is 1.99. The minimum absolute atomic E-state index is 0.0448. The highest BCUT2D eigenvalue weighted by molar-refractivity contribution is 5.85. The largest absolute Gasteiger partial charge is 0.468 e. The van der Waals surface area contributed by atoms with Crippen molar-refractivity contribution in [1.82, 2.24) is 0 Å². The van der Waals surface area contributed by atoms with Crippen molar-refractivity contribution >= 4 is 12.0 Å². The molecule has 3 rings (SSSR count). The Balaban J connectivity index is 1.86. The number of hydrogen-bond acceptors (Lipinski definition) is 2. The molecule has 1 unspecified atom stereocenters. The summed E-state index contributed by atoms with van der Waals surface area (Å²) in [6.07, 6.45) is 9.01. The fraction of sp³-hybridized carbons (Fsp3) is 0.471. The van der Waals surface area contributed by atoms with Crippen LogP contribution in [-0.4, -0.2) is 13.1 Å². The van der Waals surface area contributed by atoms with Crippen LogP contribution in [0.1, 0.15) is 31.2 Å². The summed E-state index contributed by atoms with van der Waals surface area (Å²) in [4.78, 5) is 12.2. The number of methoxy groups -OCH3 is 1. The molecule has 0 spiro atoms. The van der Waals surface area contributed by atoms with Crippen molar-refractivity contribution in [2.75, 3.05) is 7.11 Å². The van der Waals surface area contributed by atoms with E-state index in [1.807, 2.05) is 18.2 Å². The summed E-state index contributed by atoms with van der Waals surface area (Å²) in [5.41, 5.74) is 0.815. The molecule has 0 N–H and O–H groups in total. The van der Waals surface area contributed by atoms with E-state index < -0.39 is 0 Å². The molecule has 1 aromatic rings. The molecule has 0 amide bonds. The van der Waals surface area contributed by atoms with E-state index in [9.17, 15) is 4.79 Å². The summed E-state index contributed by atoms with van der Waals surface area (Å²) < 4.78 is 5.07. The molecule has 19 heavy (non-hydrogen) atoms. The Hall–Kier alpha value is -1.57. The topological polar surface area (TPSA) is 26.3 Å². The highest BCUT2D eigenvalue weighted by atomic mass is 16.5. The van der Waals surface area contributed by atoms with Crippen molar-refractivity contribution in [3.05, 3.63) is 42.0 Å². The van der Waals surface area contributed by atoms with E-state index >= 15 is 0 Å². The Morgan fingerprint density at radius 3 is 2.42 bits per heavy atom. The van der Waals surface area contributed by atoms with Gasteiger partial charge in [-0.25, -0.2) is 0 Å². The molecule has 3 atom stereocenters. The molecule has 2 saturated carbocycles. The third-order valence-electron chi connectivity index (χ3n) is 4.77. The van der Waals surface area contributed by atoms with Gasteiger partial charge in [-0.15, -0.1) is 0 Å². The van der Waals surface area contributed by atoms with Crippen LogP contribution in [0.15, 0.2) is 36.4 Å². The highest BCUT2D eigenvalue weighted by Crippen LogP contribution is 2.67. The van der Waals surface area contributed by atoms with Gasteiger partial charge in [-0.1, -0.05) is 55.3 Å². The minimum atomic E-state index is -0.332. The number of ether oxygens (including phenoxy) is 1. The van der Waals surface area contributed by atoms with Crippen molar-refractivity contribution in [2.45, 2.75) is 25.7 Å². The van der Waals surface area contributed by atoms with E-state index in [1.165, 1.54) is 32.8 Å². The highest BCUT2D eigenvalue weighted by Gasteiger charge is 2.68. The first-order chi connectivity index (χ1) is 9.29. The molecule has 2 heteroatoms. The van der Waals surface area contributed by atoms with Gasteiger partial charge < -0.3 is 4.74 Å². The molecular formula is C17H20O2. The van der Waals surface area contributed by atoms with Gasteiger partial charge in [0, 0.05) is 0 Å². The van der Waals surface area contributed by atoms with E-state index in [4.69, 9.17) is 4.74 Å². The van der Waals surface area contributed by atoms with Crippen LogP contribution < -0.4 is 0 Å². The monoisotopic (exact) mass is 256 g/mol. The lowest BCUT2D eigenvalue weighted by Crippen LogP contribution is -2.18. The maximum absolute atomic E-state index is 12.2. The Morgan fingerprint density at radius 1 is 1.21 bits per heavy atom. The zero-order valence-electron chi connectivity index (χ0n) is 11.3. The Morgan fingerprint density at radius 2 is 1.84 bits per heavy atom. The van der Waals surface area contributed by atoms with E-state index in [2.05, 4.69) is 24.3 Å². The molecular weight excluding hydrogens is 236 g/mol. The number of carbonyl (C=O) groups excluding carboxylic acids is 1. The second kappa shape index (κ2) is 4.84. The van der Waals surface area contributed by atoms with E-state index in [0.29, 0.717) is 11.8 Å². The first-order valence-corrected chi connectivity index (χ1v) is 7.12. The number of fused-ring (bicyclic) bond motifs is 1. The molecule has 0 aliphatic heterocycles. The van der Waals surface area contributed by atoms with Crippen molar-refractivity contribution in [3.8, 4) is 0 Å². The van der Waals surface area contributed by atoms with Crippen LogP contribution in [0.2, 0.25) is 0 Å². The van der Waals surface area contributed by atoms with Crippen molar-refractivity contribution in [2.24, 2.45) is 17.3 Å². The number of esters is 1. The summed E-state index contributed by atoms with van der Waals surface area (Å²) in [7, 11) is 1.50. The summed E-state index contributed by atoms with van der Waals surface area (Å²) in [6, 6.07) is 10.2. The zero-order chi connectivity index (χ0) is 13.3. The Kier molecular flexibility index (Phi) is 3.17. The number of benzene rings is 1. The van der Waals surface area contributed by atoms with Crippen LogP contribution in [0.4, 0.5) is 0 Å². The van der Waals surface area contributed by atoms with Gasteiger partial charge in [-0.3, -0.25) is 4.79 Å². The molecule has 2 nitrogen and oxygen atoms in total. The molecule has 0 bridgehead atoms. The summed E-state index contributed by atoms with van der Waals surface area (Å²) >= 11 is 0. The van der Waals surface area contributed by atoms with Gasteiger partial charge in [0.15, 0.2) is 0 Å². The van der Waals surface area contributed by atoms with Gasteiger partial charge in [-0.2, -0.15) is 0 Å². The molecule has 2 aliphatic carbocycles. The molecule has 1 aromatic carbocycles.